The maximum Gasteiger partial charge on any atom is 0.329 e. The lowest BCUT2D eigenvalue weighted by molar-refractivity contribution is -0.225. The largest absolute Gasteiger partial charge is 0.488 e. The Morgan fingerprint density at radius 3 is 2.39 bits per heavy atom. The number of hydrogen-bond donors (Lipinski definition) is 4. The van der Waals surface area contributed by atoms with E-state index < -0.39 is 71.8 Å². The molecule has 2 saturated heterocycles. The molecule has 0 spiro atoms. The number of allylic oxidation sites excluding steroid dienone is 3. The second-order valence-corrected chi connectivity index (χ2v) is 20.0. The highest BCUT2D eigenvalue weighted by Crippen LogP contribution is 2.40. The standard InChI is InChI=1S/C52H76N2O13/c1-9-35-23-30(2)22-31(3)24-44(64-8)47(58)45-26-33(5)52(62,67-45)49(59)50(60)54-18-11-10-12-39(54)51(61)66-48(34(6)46(57)41(56)27-35)32(4)25-36-13-16-42(43(28-36)63-7)65-38-15-14-37-17-19-53(20-21-55)40(37)29-38/h14-15,17,19,23,25,29,31,33-36,39,42-48,55,57-58,62H,9-13,16,18,20-22,24,26-28H2,1-8H3/b30-23-,32-25+/t31-,33+,34+,35+,36-,39-,42+,43+,44-,45+,46+,47?,48+,52+/m0/s1. The topological polar surface area (TPSA) is 204 Å². The van der Waals surface area contributed by atoms with Gasteiger partial charge in [0, 0.05) is 57.8 Å². The summed E-state index contributed by atoms with van der Waals surface area (Å²) < 4.78 is 32.5. The molecule has 2 aromatic rings. The first kappa shape index (κ1) is 52.4. The molecule has 4 aliphatic rings. The van der Waals surface area contributed by atoms with Crippen molar-refractivity contribution in [3.05, 3.63) is 53.8 Å². The van der Waals surface area contributed by atoms with Crippen LogP contribution < -0.4 is 4.74 Å². The predicted molar refractivity (Wildman–Crippen MR) is 251 cm³/mol. The minimum absolute atomic E-state index is 0.0197. The molecule has 67 heavy (non-hydrogen) atoms. The summed E-state index contributed by atoms with van der Waals surface area (Å²) in [6.07, 6.45) is 5.11. The van der Waals surface area contributed by atoms with Crippen molar-refractivity contribution in [3.63, 3.8) is 0 Å². The summed E-state index contributed by atoms with van der Waals surface area (Å²) >= 11 is 0. The van der Waals surface area contributed by atoms with Crippen LogP contribution in [0.3, 0.4) is 0 Å². The van der Waals surface area contributed by atoms with Gasteiger partial charge in [0.2, 0.25) is 5.79 Å². The van der Waals surface area contributed by atoms with Crippen molar-refractivity contribution in [2.75, 3.05) is 27.4 Å². The lowest BCUT2D eigenvalue weighted by Crippen LogP contribution is -2.58. The molecular weight excluding hydrogens is 861 g/mol. The number of amides is 1. The number of carbonyl (C=O) groups is 4. The second-order valence-electron chi connectivity index (χ2n) is 20.0. The highest BCUT2D eigenvalue weighted by atomic mass is 16.7. The predicted octanol–water partition coefficient (Wildman–Crippen LogP) is 5.85. The van der Waals surface area contributed by atoms with E-state index in [4.69, 9.17) is 23.7 Å². The van der Waals surface area contributed by atoms with Crippen LogP contribution in [0.1, 0.15) is 112 Å². The number of carbonyl (C=O) groups excluding carboxylic acids is 4. The number of fused-ring (bicyclic) bond motifs is 4. The number of nitrogens with zero attached hydrogens (tertiary/aromatic N) is 2. The van der Waals surface area contributed by atoms with Crippen molar-refractivity contribution in [2.24, 2.45) is 29.6 Å². The van der Waals surface area contributed by atoms with Gasteiger partial charge < -0.3 is 53.6 Å². The first-order valence-corrected chi connectivity index (χ1v) is 24.5. The molecule has 15 nitrogen and oxygen atoms in total. The Hall–Kier alpha value is -3.96. The van der Waals surface area contributed by atoms with Crippen molar-refractivity contribution in [2.45, 2.75) is 173 Å². The van der Waals surface area contributed by atoms with E-state index in [0.717, 1.165) is 21.4 Å². The number of cyclic esters (lactones) is 1. The summed E-state index contributed by atoms with van der Waals surface area (Å²) in [5, 5.41) is 45.7. The van der Waals surface area contributed by atoms with E-state index >= 15 is 0 Å². The number of Topliss-reactive ketones (excluding diaryl/α,β-unsaturated/α-hetero) is 2. The van der Waals surface area contributed by atoms with Gasteiger partial charge in [0.15, 0.2) is 5.78 Å². The minimum Gasteiger partial charge on any atom is -0.488 e. The zero-order valence-corrected chi connectivity index (χ0v) is 40.8. The van der Waals surface area contributed by atoms with Crippen molar-refractivity contribution in [1.82, 2.24) is 9.47 Å². The Morgan fingerprint density at radius 2 is 1.69 bits per heavy atom. The van der Waals surface area contributed by atoms with E-state index in [0.29, 0.717) is 69.2 Å². The third kappa shape index (κ3) is 12.1. The molecular formula is C52H76N2O13. The molecule has 1 aromatic heterocycles. The minimum atomic E-state index is -2.55. The fourth-order valence-electron chi connectivity index (χ4n) is 11.0. The maximum atomic E-state index is 14.5. The smallest absolute Gasteiger partial charge is 0.329 e. The molecule has 1 unspecified atom stereocenters. The molecule has 4 heterocycles. The van der Waals surface area contributed by atoms with Crippen LogP contribution in [0.4, 0.5) is 0 Å². The van der Waals surface area contributed by atoms with Gasteiger partial charge in [-0.3, -0.25) is 14.4 Å². The SMILES string of the molecule is CC[C@@H]1/C=C(/C)C[C@H](C)C[C@H](OC)C(O)[C@H]2C[C@@H](C)[C@@](O)(O2)C(=O)C(=O)N2CCCC[C@H]2C(=O)O[C@H](/C(C)=C/[C@@H]2CC[C@@H](Oc3ccc4ccn(CCO)c4c3)[C@H](OC)C2)[C@H](C)[C@@H](O)C(=O)C1. The second kappa shape index (κ2) is 23.1. The van der Waals surface area contributed by atoms with Crippen LogP contribution in [-0.2, 0) is 44.7 Å². The fraction of sp³-hybridized carbons (Fsp3) is 0.692. The molecule has 3 fully saturated rings. The lowest BCUT2D eigenvalue weighted by atomic mass is 9.81. The van der Waals surface area contributed by atoms with Crippen molar-refractivity contribution >= 4 is 34.3 Å². The van der Waals surface area contributed by atoms with Gasteiger partial charge in [-0.2, -0.15) is 0 Å². The van der Waals surface area contributed by atoms with E-state index in [1.165, 1.54) is 7.11 Å². The van der Waals surface area contributed by atoms with Gasteiger partial charge in [-0.1, -0.05) is 45.4 Å². The Bertz CT molecular complexity index is 2100. The Balaban J connectivity index is 1.28. The summed E-state index contributed by atoms with van der Waals surface area (Å²) in [6, 6.07) is 6.71. The molecule has 3 aliphatic heterocycles. The monoisotopic (exact) mass is 937 g/mol. The van der Waals surface area contributed by atoms with Crippen molar-refractivity contribution in [1.29, 1.82) is 0 Å². The number of aliphatic hydroxyl groups excluding tert-OH is 3. The zero-order valence-electron chi connectivity index (χ0n) is 40.8. The molecule has 1 amide bonds. The molecule has 4 N–H and O–H groups in total. The number of esters is 1. The highest BCUT2D eigenvalue weighted by Gasteiger charge is 2.57. The van der Waals surface area contributed by atoms with E-state index in [1.54, 1.807) is 21.0 Å². The number of benzene rings is 1. The Kier molecular flexibility index (Phi) is 18.1. The molecule has 14 atom stereocenters. The van der Waals surface area contributed by atoms with Gasteiger partial charge in [0.25, 0.3) is 11.7 Å². The molecule has 372 valence electrons. The summed E-state index contributed by atoms with van der Waals surface area (Å²) in [7, 11) is 3.13. The molecule has 1 aromatic carbocycles. The third-order valence-corrected chi connectivity index (χ3v) is 15.0. The molecule has 1 saturated carbocycles. The highest BCUT2D eigenvalue weighted by molar-refractivity contribution is 6.39. The van der Waals surface area contributed by atoms with E-state index in [9.17, 15) is 39.6 Å². The third-order valence-electron chi connectivity index (χ3n) is 15.0. The van der Waals surface area contributed by atoms with Crippen LogP contribution in [0, 0.1) is 29.6 Å². The van der Waals surface area contributed by atoms with Gasteiger partial charge in [0.05, 0.1) is 30.4 Å². The van der Waals surface area contributed by atoms with E-state index in [2.05, 4.69) is 6.08 Å². The average molecular weight is 937 g/mol. The van der Waals surface area contributed by atoms with Gasteiger partial charge in [-0.05, 0) is 125 Å². The number of methoxy groups -OCH3 is 2. The Labute approximate surface area is 395 Å². The number of ketones is 2. The number of ether oxygens (including phenoxy) is 5. The molecule has 2 bridgehead atoms. The summed E-state index contributed by atoms with van der Waals surface area (Å²) in [5.74, 6) is -7.25. The summed E-state index contributed by atoms with van der Waals surface area (Å²) in [5.41, 5.74) is 2.62. The number of piperidine rings is 1. The number of aromatic nitrogens is 1. The Morgan fingerprint density at radius 1 is 0.940 bits per heavy atom. The first-order chi connectivity index (χ1) is 31.9. The quantitative estimate of drug-likeness (QED) is 0.133. The van der Waals surface area contributed by atoms with Gasteiger partial charge in [-0.25, -0.2) is 4.79 Å². The first-order valence-electron chi connectivity index (χ1n) is 24.5. The van der Waals surface area contributed by atoms with Gasteiger partial charge >= 0.3 is 5.97 Å². The summed E-state index contributed by atoms with van der Waals surface area (Å²) in [4.78, 5) is 57.9. The lowest BCUT2D eigenvalue weighted by Gasteiger charge is -2.38. The molecule has 6 rings (SSSR count). The van der Waals surface area contributed by atoms with Crippen LogP contribution in [0.2, 0.25) is 0 Å². The zero-order chi connectivity index (χ0) is 48.7. The molecule has 15 heteroatoms. The van der Waals surface area contributed by atoms with Crippen LogP contribution in [-0.4, -0.2) is 135 Å². The number of aliphatic hydroxyl groups is 4. The van der Waals surface area contributed by atoms with E-state index in [-0.39, 0.29) is 68.2 Å². The normalized spacial score (nSPS) is 36.7. The maximum absolute atomic E-state index is 14.5. The summed E-state index contributed by atoms with van der Waals surface area (Å²) in [6.45, 7) is 11.7. The molecule has 1 aliphatic carbocycles. The van der Waals surface area contributed by atoms with E-state index in [1.807, 2.05) is 68.8 Å². The molecule has 0 radical (unpaired) electrons. The van der Waals surface area contributed by atoms with Crippen molar-refractivity contribution in [3.8, 4) is 5.75 Å². The fourth-order valence-corrected chi connectivity index (χ4v) is 11.0. The van der Waals surface area contributed by atoms with Gasteiger partial charge in [0.1, 0.15) is 36.2 Å². The number of hydrogen-bond acceptors (Lipinski definition) is 13. The van der Waals surface area contributed by atoms with Crippen LogP contribution in [0.15, 0.2) is 53.8 Å². The van der Waals surface area contributed by atoms with Crippen molar-refractivity contribution < 1.29 is 63.3 Å². The average Bonchev–Trinajstić information content (AvgIpc) is 3.87. The van der Waals surface area contributed by atoms with Gasteiger partial charge in [-0.15, -0.1) is 0 Å². The van der Waals surface area contributed by atoms with Crippen LogP contribution in [0.5, 0.6) is 5.75 Å². The number of rotatable bonds is 9. The van der Waals surface area contributed by atoms with Crippen LogP contribution >= 0.6 is 0 Å². The van der Waals surface area contributed by atoms with Crippen LogP contribution in [0.25, 0.3) is 10.9 Å².